The van der Waals surface area contributed by atoms with Crippen LogP contribution in [-0.4, -0.2) is 35.1 Å². The molecule has 0 saturated carbocycles. The molecule has 17 heavy (non-hydrogen) atoms. The molecule has 0 fully saturated rings. The molecule has 94 valence electrons. The van der Waals surface area contributed by atoms with Crippen LogP contribution >= 0.6 is 31.9 Å². The number of rotatable bonds is 3. The van der Waals surface area contributed by atoms with Crippen LogP contribution in [0.25, 0.3) is 0 Å². The number of halogens is 2. The van der Waals surface area contributed by atoms with Crippen molar-refractivity contribution in [3.63, 3.8) is 0 Å². The molecule has 1 aromatic carbocycles. The van der Waals surface area contributed by atoms with Crippen molar-refractivity contribution < 1.29 is 9.90 Å². The number of carbonyl (C=O) groups is 1. The lowest BCUT2D eigenvalue weighted by Gasteiger charge is -2.34. The van der Waals surface area contributed by atoms with Gasteiger partial charge in [-0.3, -0.25) is 4.79 Å². The number of nitrogens with zero attached hydrogens (tertiary/aromatic N) is 1. The van der Waals surface area contributed by atoms with Gasteiger partial charge in [0.15, 0.2) is 0 Å². The van der Waals surface area contributed by atoms with E-state index in [0.29, 0.717) is 5.56 Å². The van der Waals surface area contributed by atoms with Crippen molar-refractivity contribution in [2.45, 2.75) is 19.4 Å². The average molecular weight is 365 g/mol. The first-order valence-corrected chi connectivity index (χ1v) is 6.71. The highest BCUT2D eigenvalue weighted by Gasteiger charge is 2.27. The second-order valence-corrected chi connectivity index (χ2v) is 6.32. The van der Waals surface area contributed by atoms with E-state index in [4.69, 9.17) is 0 Å². The monoisotopic (exact) mass is 363 g/mol. The number of benzene rings is 1. The number of hydrogen-bond acceptors (Lipinski definition) is 2. The molecule has 5 heteroatoms. The van der Waals surface area contributed by atoms with Crippen LogP contribution in [0.5, 0.6) is 0 Å². The van der Waals surface area contributed by atoms with Gasteiger partial charge < -0.3 is 10.0 Å². The Balaban J connectivity index is 3.04. The van der Waals surface area contributed by atoms with E-state index in [1.54, 1.807) is 24.1 Å². The molecular formula is C12H15Br2NO2. The molecule has 0 atom stereocenters. The zero-order chi connectivity index (χ0) is 13.2. The van der Waals surface area contributed by atoms with E-state index in [9.17, 15) is 9.90 Å². The Kier molecular flexibility index (Phi) is 4.75. The Morgan fingerprint density at radius 3 is 2.18 bits per heavy atom. The number of amides is 1. The van der Waals surface area contributed by atoms with Gasteiger partial charge in [0, 0.05) is 21.6 Å². The van der Waals surface area contributed by atoms with Crippen molar-refractivity contribution in [2.75, 3.05) is 13.7 Å². The van der Waals surface area contributed by atoms with Crippen LogP contribution in [0.1, 0.15) is 24.2 Å². The third-order valence-corrected chi connectivity index (χ3v) is 3.62. The third kappa shape index (κ3) is 3.53. The van der Waals surface area contributed by atoms with E-state index >= 15 is 0 Å². The first kappa shape index (κ1) is 14.7. The van der Waals surface area contributed by atoms with Crippen molar-refractivity contribution in [1.82, 2.24) is 4.90 Å². The molecule has 0 bridgehead atoms. The van der Waals surface area contributed by atoms with E-state index < -0.39 is 5.54 Å². The van der Waals surface area contributed by atoms with Gasteiger partial charge in [0.2, 0.25) is 0 Å². The van der Waals surface area contributed by atoms with Crippen molar-refractivity contribution in [3.8, 4) is 0 Å². The predicted molar refractivity (Wildman–Crippen MR) is 75.1 cm³/mol. The average Bonchev–Trinajstić information content (AvgIpc) is 2.25. The molecule has 1 amide bonds. The minimum atomic E-state index is -0.578. The molecule has 1 aromatic rings. The van der Waals surface area contributed by atoms with Gasteiger partial charge in [0.05, 0.1) is 12.1 Å². The second kappa shape index (κ2) is 5.50. The van der Waals surface area contributed by atoms with Crippen LogP contribution in [0, 0.1) is 0 Å². The van der Waals surface area contributed by atoms with Crippen LogP contribution in [0.3, 0.4) is 0 Å². The predicted octanol–water partition coefficient (Wildman–Crippen LogP) is 3.05. The molecule has 0 saturated heterocycles. The van der Waals surface area contributed by atoms with Crippen LogP contribution in [0.4, 0.5) is 0 Å². The lowest BCUT2D eigenvalue weighted by molar-refractivity contribution is 0.0473. The smallest absolute Gasteiger partial charge is 0.254 e. The maximum atomic E-state index is 12.2. The van der Waals surface area contributed by atoms with Crippen molar-refractivity contribution in [1.29, 1.82) is 0 Å². The maximum absolute atomic E-state index is 12.2. The number of hydrogen-bond donors (Lipinski definition) is 1. The molecule has 0 radical (unpaired) electrons. The standard InChI is InChI=1S/C12H15Br2NO2/c1-12(2,7-16)15(3)11(17)8-4-9(13)6-10(14)5-8/h4-6,16H,7H2,1-3H3. The molecule has 0 aromatic heterocycles. The maximum Gasteiger partial charge on any atom is 0.254 e. The summed E-state index contributed by atoms with van der Waals surface area (Å²) in [7, 11) is 1.69. The molecule has 0 spiro atoms. The van der Waals surface area contributed by atoms with Crippen molar-refractivity contribution >= 4 is 37.8 Å². The highest BCUT2D eigenvalue weighted by Crippen LogP contribution is 2.23. The van der Waals surface area contributed by atoms with Crippen LogP contribution < -0.4 is 0 Å². The Hall–Kier alpha value is -0.390. The van der Waals surface area contributed by atoms with Gasteiger partial charge in [-0.2, -0.15) is 0 Å². The molecule has 0 heterocycles. The zero-order valence-electron chi connectivity index (χ0n) is 10.00. The molecule has 1 N–H and O–H groups in total. The fraction of sp³-hybridized carbons (Fsp3) is 0.417. The van der Waals surface area contributed by atoms with Gasteiger partial charge >= 0.3 is 0 Å². The van der Waals surface area contributed by atoms with E-state index in [0.717, 1.165) is 8.95 Å². The highest BCUT2D eigenvalue weighted by molar-refractivity contribution is 9.11. The van der Waals surface area contributed by atoms with E-state index in [-0.39, 0.29) is 12.5 Å². The highest BCUT2D eigenvalue weighted by atomic mass is 79.9. The van der Waals surface area contributed by atoms with Crippen molar-refractivity contribution in [3.05, 3.63) is 32.7 Å². The van der Waals surface area contributed by atoms with Gasteiger partial charge in [0.25, 0.3) is 5.91 Å². The Bertz CT molecular complexity index is 412. The first-order valence-electron chi connectivity index (χ1n) is 5.13. The van der Waals surface area contributed by atoms with Crippen LogP contribution in [0.2, 0.25) is 0 Å². The van der Waals surface area contributed by atoms with Crippen LogP contribution in [0.15, 0.2) is 27.1 Å². The van der Waals surface area contributed by atoms with Gasteiger partial charge in [-0.05, 0) is 32.0 Å². The summed E-state index contributed by atoms with van der Waals surface area (Å²) in [5.41, 5.74) is 0.00146. The second-order valence-electron chi connectivity index (χ2n) is 4.49. The summed E-state index contributed by atoms with van der Waals surface area (Å²) in [4.78, 5) is 13.8. The Labute approximate surface area is 118 Å². The minimum absolute atomic E-state index is 0.0790. The number of aliphatic hydroxyl groups excluding tert-OH is 1. The normalized spacial score (nSPS) is 11.4. The molecule has 0 unspecified atom stereocenters. The van der Waals surface area contributed by atoms with Gasteiger partial charge in [-0.1, -0.05) is 31.9 Å². The lowest BCUT2D eigenvalue weighted by atomic mass is 10.0. The summed E-state index contributed by atoms with van der Waals surface area (Å²) in [6.45, 7) is 3.56. The summed E-state index contributed by atoms with van der Waals surface area (Å²) < 4.78 is 1.68. The Morgan fingerprint density at radius 2 is 1.76 bits per heavy atom. The molecule has 0 aliphatic rings. The van der Waals surface area contributed by atoms with E-state index in [1.165, 1.54) is 0 Å². The fourth-order valence-corrected chi connectivity index (χ4v) is 2.55. The molecule has 1 rings (SSSR count). The van der Waals surface area contributed by atoms with Gasteiger partial charge in [-0.25, -0.2) is 0 Å². The minimum Gasteiger partial charge on any atom is -0.394 e. The van der Waals surface area contributed by atoms with Gasteiger partial charge in [0.1, 0.15) is 0 Å². The Morgan fingerprint density at radius 1 is 1.29 bits per heavy atom. The third-order valence-electron chi connectivity index (χ3n) is 2.71. The summed E-state index contributed by atoms with van der Waals surface area (Å²) in [5.74, 6) is -0.119. The van der Waals surface area contributed by atoms with E-state index in [2.05, 4.69) is 31.9 Å². The number of carbonyl (C=O) groups excluding carboxylic acids is 1. The number of aliphatic hydroxyl groups is 1. The summed E-state index contributed by atoms with van der Waals surface area (Å²) >= 11 is 6.70. The van der Waals surface area contributed by atoms with Crippen molar-refractivity contribution in [2.24, 2.45) is 0 Å². The topological polar surface area (TPSA) is 40.5 Å². The quantitative estimate of drug-likeness (QED) is 0.895. The summed E-state index contributed by atoms with van der Waals surface area (Å²) in [5, 5.41) is 9.26. The zero-order valence-corrected chi connectivity index (χ0v) is 13.2. The molecule has 0 aliphatic carbocycles. The number of likely N-dealkylation sites (N-methyl/N-ethyl adjacent to an activating group) is 1. The first-order chi connectivity index (χ1) is 7.77. The van der Waals surface area contributed by atoms with E-state index in [1.807, 2.05) is 19.9 Å². The largest absolute Gasteiger partial charge is 0.394 e. The van der Waals surface area contributed by atoms with Crippen LogP contribution in [-0.2, 0) is 0 Å². The SMILES string of the molecule is CN(C(=O)c1cc(Br)cc(Br)c1)C(C)(C)CO. The van der Waals surface area contributed by atoms with Gasteiger partial charge in [-0.15, -0.1) is 0 Å². The summed E-state index contributed by atoms with van der Waals surface area (Å²) in [6.07, 6.45) is 0. The lowest BCUT2D eigenvalue weighted by Crippen LogP contribution is -2.47. The molecule has 3 nitrogen and oxygen atoms in total. The fourth-order valence-electron chi connectivity index (χ4n) is 1.25. The summed E-state index contributed by atoms with van der Waals surface area (Å²) in [6, 6.07) is 5.39. The molecular weight excluding hydrogens is 350 g/mol. The molecule has 0 aliphatic heterocycles.